The van der Waals surface area contributed by atoms with Gasteiger partial charge in [0.05, 0.1) is 26.0 Å². The van der Waals surface area contributed by atoms with Crippen LogP contribution in [0.5, 0.6) is 11.8 Å². The summed E-state index contributed by atoms with van der Waals surface area (Å²) in [6, 6.07) is 12.9. The number of hydrogen-bond acceptors (Lipinski definition) is 7. The summed E-state index contributed by atoms with van der Waals surface area (Å²) in [5.74, 6) is -0.102. The number of likely N-dealkylation sites (N-methyl/N-ethyl adjacent to an activating group) is 1. The Hall–Kier alpha value is -3.95. The Balaban J connectivity index is 1.76. The van der Waals surface area contributed by atoms with E-state index < -0.39 is 0 Å². The first kappa shape index (κ1) is 25.7. The molecule has 0 aliphatic carbocycles. The first-order valence-corrected chi connectivity index (χ1v) is 11.5. The molecule has 0 bridgehead atoms. The smallest absolute Gasteiger partial charge is 0.291 e. The Labute approximate surface area is 205 Å². The maximum absolute atomic E-state index is 13.3. The molecule has 0 fully saturated rings. The molecule has 10 heteroatoms. The van der Waals surface area contributed by atoms with Gasteiger partial charge in [-0.15, -0.1) is 0 Å². The molecule has 2 aromatic heterocycles. The predicted molar refractivity (Wildman–Crippen MR) is 131 cm³/mol. The maximum Gasteiger partial charge on any atom is 0.291 e. The molecule has 0 unspecified atom stereocenters. The van der Waals surface area contributed by atoms with Crippen LogP contribution in [0.25, 0.3) is 0 Å². The summed E-state index contributed by atoms with van der Waals surface area (Å²) in [6.07, 6.45) is 1.13. The highest BCUT2D eigenvalue weighted by Gasteiger charge is 2.25. The van der Waals surface area contributed by atoms with Gasteiger partial charge in [0, 0.05) is 26.2 Å². The molecular formula is C25H32N6O4. The lowest BCUT2D eigenvalue weighted by Crippen LogP contribution is -2.41. The number of carbonyl (C=O) groups excluding carboxylic acids is 2. The molecule has 2 heterocycles. The van der Waals surface area contributed by atoms with E-state index in [0.29, 0.717) is 31.6 Å². The van der Waals surface area contributed by atoms with Crippen molar-refractivity contribution in [3.8, 4) is 11.8 Å². The Kier molecular flexibility index (Phi) is 8.77. The number of benzene rings is 1. The van der Waals surface area contributed by atoms with Gasteiger partial charge < -0.3 is 19.7 Å². The van der Waals surface area contributed by atoms with Crippen LogP contribution in [-0.2, 0) is 13.0 Å². The summed E-state index contributed by atoms with van der Waals surface area (Å²) in [4.78, 5) is 36.0. The largest absolute Gasteiger partial charge is 0.481 e. The van der Waals surface area contributed by atoms with Crippen LogP contribution in [-0.4, -0.2) is 70.3 Å². The van der Waals surface area contributed by atoms with Crippen molar-refractivity contribution < 1.29 is 19.1 Å². The molecule has 1 aromatic carbocycles. The molecule has 3 aromatic rings. The second-order valence-corrected chi connectivity index (χ2v) is 8.07. The second kappa shape index (κ2) is 12.0. The quantitative estimate of drug-likeness (QED) is 0.449. The zero-order valence-corrected chi connectivity index (χ0v) is 20.8. The monoisotopic (exact) mass is 480 g/mol. The van der Waals surface area contributed by atoms with Crippen molar-refractivity contribution in [2.24, 2.45) is 0 Å². The number of methoxy groups -OCH3 is 2. The SMILES string of the molecule is CCn1nc(C)cc1C(=O)NCC[C@H](Cc1ccccc1)N(C)C(=O)c1nc(OC)cc(OC)n1. The molecular weight excluding hydrogens is 448 g/mol. The van der Waals surface area contributed by atoms with Crippen LogP contribution < -0.4 is 14.8 Å². The fraction of sp³-hybridized carbons (Fsp3) is 0.400. The van der Waals surface area contributed by atoms with E-state index in [9.17, 15) is 9.59 Å². The van der Waals surface area contributed by atoms with E-state index in [1.54, 1.807) is 22.7 Å². The summed E-state index contributed by atoms with van der Waals surface area (Å²) in [6.45, 7) is 4.78. The molecule has 0 saturated heterocycles. The van der Waals surface area contributed by atoms with Gasteiger partial charge in [0.1, 0.15) is 5.69 Å². The molecule has 0 saturated carbocycles. The van der Waals surface area contributed by atoms with Gasteiger partial charge in [0.2, 0.25) is 17.6 Å². The molecule has 186 valence electrons. The van der Waals surface area contributed by atoms with Gasteiger partial charge >= 0.3 is 0 Å². The highest BCUT2D eigenvalue weighted by molar-refractivity contribution is 5.92. The Morgan fingerprint density at radius 1 is 1.09 bits per heavy atom. The number of hydrogen-bond donors (Lipinski definition) is 1. The lowest BCUT2D eigenvalue weighted by molar-refractivity contribution is 0.0708. The highest BCUT2D eigenvalue weighted by Crippen LogP contribution is 2.18. The Morgan fingerprint density at radius 3 is 2.34 bits per heavy atom. The van der Waals surface area contributed by atoms with Gasteiger partial charge in [-0.2, -0.15) is 15.1 Å². The van der Waals surface area contributed by atoms with Gasteiger partial charge in [-0.05, 0) is 38.3 Å². The standard InChI is InChI=1S/C25H32N6O4/c1-6-31-20(14-17(2)29-31)24(32)26-13-12-19(15-18-10-8-7-9-11-18)30(3)25(33)23-27-21(34-4)16-22(28-23)35-5/h7-11,14,16,19H,6,12-13,15H2,1-5H3,(H,26,32)/t19-/m1/s1. The van der Waals surface area contributed by atoms with Crippen LogP contribution >= 0.6 is 0 Å². The van der Waals surface area contributed by atoms with Crippen LogP contribution in [0.1, 0.15) is 45.7 Å². The minimum absolute atomic E-state index is 0.0203. The summed E-state index contributed by atoms with van der Waals surface area (Å²) in [5.41, 5.74) is 2.39. The number of nitrogens with zero attached hydrogens (tertiary/aromatic N) is 5. The van der Waals surface area contributed by atoms with Crippen LogP contribution in [0, 0.1) is 6.92 Å². The third kappa shape index (κ3) is 6.56. The fourth-order valence-corrected chi connectivity index (χ4v) is 3.76. The molecule has 3 rings (SSSR count). The van der Waals surface area contributed by atoms with E-state index in [-0.39, 0.29) is 35.4 Å². The number of nitrogens with one attached hydrogen (secondary N) is 1. The predicted octanol–water partition coefficient (Wildman–Crippen LogP) is 2.52. The van der Waals surface area contributed by atoms with E-state index in [4.69, 9.17) is 9.47 Å². The van der Waals surface area contributed by atoms with Gasteiger partial charge in [-0.3, -0.25) is 14.3 Å². The van der Waals surface area contributed by atoms with E-state index in [1.165, 1.54) is 20.3 Å². The molecule has 0 aliphatic heterocycles. The normalized spacial score (nSPS) is 11.6. The lowest BCUT2D eigenvalue weighted by atomic mass is 10.0. The van der Waals surface area contributed by atoms with Crippen LogP contribution in [0.4, 0.5) is 0 Å². The van der Waals surface area contributed by atoms with E-state index in [0.717, 1.165) is 11.3 Å². The highest BCUT2D eigenvalue weighted by atomic mass is 16.5. The molecule has 2 amide bonds. The summed E-state index contributed by atoms with van der Waals surface area (Å²) in [7, 11) is 4.64. The van der Waals surface area contributed by atoms with Crippen molar-refractivity contribution in [1.29, 1.82) is 0 Å². The third-order valence-electron chi connectivity index (χ3n) is 5.67. The molecule has 0 aliphatic rings. The first-order valence-electron chi connectivity index (χ1n) is 11.5. The summed E-state index contributed by atoms with van der Waals surface area (Å²) >= 11 is 0. The Bertz CT molecular complexity index is 1130. The zero-order valence-electron chi connectivity index (χ0n) is 20.8. The number of aromatic nitrogens is 4. The van der Waals surface area contributed by atoms with Crippen molar-refractivity contribution in [1.82, 2.24) is 30.0 Å². The summed E-state index contributed by atoms with van der Waals surface area (Å²) in [5, 5.41) is 7.30. The summed E-state index contributed by atoms with van der Waals surface area (Å²) < 4.78 is 12.0. The van der Waals surface area contributed by atoms with E-state index in [2.05, 4.69) is 20.4 Å². The zero-order chi connectivity index (χ0) is 25.4. The van der Waals surface area contributed by atoms with Gasteiger partial charge in [0.25, 0.3) is 11.8 Å². The van der Waals surface area contributed by atoms with Gasteiger partial charge in [0.15, 0.2) is 0 Å². The number of rotatable bonds is 11. The average Bonchev–Trinajstić information content (AvgIpc) is 3.28. The van der Waals surface area contributed by atoms with Crippen molar-refractivity contribution in [2.45, 2.75) is 39.3 Å². The molecule has 10 nitrogen and oxygen atoms in total. The van der Waals surface area contributed by atoms with Crippen molar-refractivity contribution in [3.05, 3.63) is 65.2 Å². The number of aryl methyl sites for hydroxylation is 2. The third-order valence-corrected chi connectivity index (χ3v) is 5.67. The van der Waals surface area contributed by atoms with Crippen molar-refractivity contribution in [2.75, 3.05) is 27.8 Å². The molecule has 1 atom stereocenters. The number of carbonyl (C=O) groups is 2. The minimum Gasteiger partial charge on any atom is -0.481 e. The van der Waals surface area contributed by atoms with Crippen molar-refractivity contribution in [3.63, 3.8) is 0 Å². The first-order chi connectivity index (χ1) is 16.9. The minimum atomic E-state index is -0.367. The second-order valence-electron chi connectivity index (χ2n) is 8.07. The molecule has 0 spiro atoms. The van der Waals surface area contributed by atoms with Crippen molar-refractivity contribution >= 4 is 11.8 Å². The van der Waals surface area contributed by atoms with Gasteiger partial charge in [-0.1, -0.05) is 30.3 Å². The molecule has 35 heavy (non-hydrogen) atoms. The Morgan fingerprint density at radius 2 is 1.74 bits per heavy atom. The molecule has 1 N–H and O–H groups in total. The van der Waals surface area contributed by atoms with Crippen LogP contribution in [0.15, 0.2) is 42.5 Å². The number of ether oxygens (including phenoxy) is 2. The lowest BCUT2D eigenvalue weighted by Gasteiger charge is -2.28. The molecule has 0 radical (unpaired) electrons. The van der Waals surface area contributed by atoms with E-state index >= 15 is 0 Å². The fourth-order valence-electron chi connectivity index (χ4n) is 3.76. The van der Waals surface area contributed by atoms with E-state index in [1.807, 2.05) is 44.2 Å². The van der Waals surface area contributed by atoms with Crippen LogP contribution in [0.2, 0.25) is 0 Å². The number of amides is 2. The maximum atomic E-state index is 13.3. The van der Waals surface area contributed by atoms with Gasteiger partial charge in [-0.25, -0.2) is 0 Å². The average molecular weight is 481 g/mol. The topological polar surface area (TPSA) is 111 Å². The van der Waals surface area contributed by atoms with Crippen LogP contribution in [0.3, 0.4) is 0 Å².